The number of β-amino-alcohol motifs (C(OH)–C–C–N with tert-alkyl or cyclic N) is 2. The molecule has 4 N–H and O–H groups in total. The Morgan fingerprint density at radius 3 is 1.36 bits per heavy atom. The fourth-order valence-corrected chi connectivity index (χ4v) is 5.83. The third kappa shape index (κ3) is 11.5. The van der Waals surface area contributed by atoms with Crippen molar-refractivity contribution in [2.75, 3.05) is 49.9 Å². The molecule has 6 rings (SSSR count). The van der Waals surface area contributed by atoms with E-state index in [1.165, 1.54) is 0 Å². The number of amides is 2. The van der Waals surface area contributed by atoms with Crippen molar-refractivity contribution in [1.82, 2.24) is 19.8 Å². The average Bonchev–Trinajstić information content (AvgIpc) is 3.17. The number of hydrogen-bond acceptors (Lipinski definition) is 10. The molecule has 0 radical (unpaired) electrons. The van der Waals surface area contributed by atoms with Crippen LogP contribution in [0.25, 0.3) is 0 Å². The molecule has 2 aromatic heterocycles. The number of nitrogens with zero attached hydrogens (tertiary/aromatic N) is 4. The summed E-state index contributed by atoms with van der Waals surface area (Å²) in [4.78, 5) is 35.5. The van der Waals surface area contributed by atoms with E-state index in [4.69, 9.17) is 9.47 Å². The summed E-state index contributed by atoms with van der Waals surface area (Å²) in [6.07, 6.45) is 6.51. The Hall–Kier alpha value is -5.20. The van der Waals surface area contributed by atoms with Crippen molar-refractivity contribution in [1.29, 1.82) is 0 Å². The van der Waals surface area contributed by atoms with Crippen LogP contribution in [0.3, 0.4) is 0 Å². The Morgan fingerprint density at radius 1 is 0.620 bits per heavy atom. The summed E-state index contributed by atoms with van der Waals surface area (Å²) in [6, 6.07) is 26.7. The second kappa shape index (κ2) is 19.1. The summed E-state index contributed by atoms with van der Waals surface area (Å²) in [5.41, 5.74) is 3.86. The van der Waals surface area contributed by atoms with Crippen LogP contribution in [0, 0.1) is 11.8 Å². The van der Waals surface area contributed by atoms with Gasteiger partial charge in [0.25, 0.3) is 0 Å². The first-order chi connectivity index (χ1) is 24.4. The highest BCUT2D eigenvalue weighted by Gasteiger charge is 2.32. The van der Waals surface area contributed by atoms with Gasteiger partial charge in [-0.25, -0.2) is 9.59 Å². The molecule has 4 aromatic rings. The minimum atomic E-state index is -0.563. The number of aliphatic hydroxyl groups excluding tert-OH is 2. The monoisotopic (exact) mass is 682 g/mol. The summed E-state index contributed by atoms with van der Waals surface area (Å²) >= 11 is 0. The lowest BCUT2D eigenvalue weighted by Crippen LogP contribution is -2.48. The highest BCUT2D eigenvalue weighted by atomic mass is 16.6. The molecule has 2 aliphatic rings. The molecule has 264 valence electrons. The molecule has 4 heterocycles. The van der Waals surface area contributed by atoms with E-state index >= 15 is 0 Å². The van der Waals surface area contributed by atoms with Crippen LogP contribution < -0.4 is 10.6 Å². The van der Waals surface area contributed by atoms with Crippen LogP contribution in [-0.2, 0) is 22.7 Å². The predicted octanol–water partition coefficient (Wildman–Crippen LogP) is 5.03. The lowest BCUT2D eigenvalue weighted by atomic mass is 9.94. The molecule has 0 bridgehead atoms. The van der Waals surface area contributed by atoms with Crippen molar-refractivity contribution < 1.29 is 29.3 Å². The van der Waals surface area contributed by atoms with Crippen LogP contribution in [0.2, 0.25) is 0 Å². The van der Waals surface area contributed by atoms with Gasteiger partial charge in [-0.1, -0.05) is 60.7 Å². The molecular weight excluding hydrogens is 636 g/mol. The zero-order valence-corrected chi connectivity index (χ0v) is 28.1. The van der Waals surface area contributed by atoms with Crippen LogP contribution in [0.15, 0.2) is 110 Å². The van der Waals surface area contributed by atoms with Crippen LogP contribution in [0.5, 0.6) is 0 Å². The van der Waals surface area contributed by atoms with Crippen molar-refractivity contribution in [3.63, 3.8) is 0 Å². The van der Waals surface area contributed by atoms with Gasteiger partial charge in [0.1, 0.15) is 13.2 Å². The number of aliphatic hydroxyl groups is 2. The molecule has 12 nitrogen and oxygen atoms in total. The topological polar surface area (TPSA) is 149 Å². The number of benzene rings is 2. The number of likely N-dealkylation sites (tertiary alicyclic amines) is 2. The molecular formula is C38H46N6O6. The molecule has 2 fully saturated rings. The molecule has 4 atom stereocenters. The van der Waals surface area contributed by atoms with Gasteiger partial charge in [-0.15, -0.1) is 0 Å². The number of carbonyl (C=O) groups excluding carboxylic acids is 2. The van der Waals surface area contributed by atoms with E-state index in [0.29, 0.717) is 39.3 Å². The third-order valence-corrected chi connectivity index (χ3v) is 8.87. The van der Waals surface area contributed by atoms with Crippen molar-refractivity contribution >= 4 is 23.6 Å². The summed E-state index contributed by atoms with van der Waals surface area (Å²) < 4.78 is 10.7. The van der Waals surface area contributed by atoms with E-state index in [1.807, 2.05) is 84.9 Å². The lowest BCUT2D eigenvalue weighted by Gasteiger charge is -2.35. The van der Waals surface area contributed by atoms with Gasteiger partial charge in [-0.05, 0) is 48.2 Å². The van der Waals surface area contributed by atoms with Gasteiger partial charge < -0.3 is 40.1 Å². The van der Waals surface area contributed by atoms with E-state index in [9.17, 15) is 19.8 Å². The Balaban J connectivity index is 0.000000194. The number of nitrogens with one attached hydrogen (secondary N) is 2. The smallest absolute Gasteiger partial charge is 0.410 e. The summed E-state index contributed by atoms with van der Waals surface area (Å²) in [5, 5.41) is 27.3. The Kier molecular flexibility index (Phi) is 13.8. The van der Waals surface area contributed by atoms with Crippen molar-refractivity contribution in [3.8, 4) is 0 Å². The molecule has 0 unspecified atom stereocenters. The van der Waals surface area contributed by atoms with Gasteiger partial charge in [0.15, 0.2) is 0 Å². The van der Waals surface area contributed by atoms with Gasteiger partial charge in [0, 0.05) is 74.2 Å². The quantitative estimate of drug-likeness (QED) is 0.180. The maximum Gasteiger partial charge on any atom is 0.410 e. The maximum absolute atomic E-state index is 12.2. The first-order valence-electron chi connectivity index (χ1n) is 17.0. The normalized spacial score (nSPS) is 20.1. The highest BCUT2D eigenvalue weighted by molar-refractivity contribution is 5.68. The van der Waals surface area contributed by atoms with Crippen molar-refractivity contribution in [3.05, 3.63) is 121 Å². The van der Waals surface area contributed by atoms with Crippen molar-refractivity contribution in [2.45, 2.75) is 38.3 Å². The minimum absolute atomic E-state index is 0.103. The molecule has 0 saturated carbocycles. The number of carbonyl (C=O) groups is 2. The van der Waals surface area contributed by atoms with Crippen LogP contribution in [-0.4, -0.2) is 93.6 Å². The summed E-state index contributed by atoms with van der Waals surface area (Å²) in [5.74, 6) is 0.206. The Morgan fingerprint density at radius 2 is 1.00 bits per heavy atom. The third-order valence-electron chi connectivity index (χ3n) is 8.87. The number of aromatic nitrogens is 2. The largest absolute Gasteiger partial charge is 0.445 e. The molecule has 2 amide bonds. The maximum atomic E-state index is 12.2. The number of pyridine rings is 2. The average molecular weight is 683 g/mol. The van der Waals surface area contributed by atoms with E-state index in [2.05, 4.69) is 20.6 Å². The zero-order chi connectivity index (χ0) is 35.0. The number of hydrogen-bond donors (Lipinski definition) is 4. The highest BCUT2D eigenvalue weighted by Crippen LogP contribution is 2.21. The first-order valence-corrected chi connectivity index (χ1v) is 17.0. The summed E-state index contributed by atoms with van der Waals surface area (Å²) in [6.45, 7) is 3.61. The van der Waals surface area contributed by atoms with Gasteiger partial charge in [0.2, 0.25) is 0 Å². The predicted molar refractivity (Wildman–Crippen MR) is 190 cm³/mol. The van der Waals surface area contributed by atoms with Crippen LogP contribution in [0.4, 0.5) is 21.0 Å². The second-order valence-electron chi connectivity index (χ2n) is 12.4. The first kappa shape index (κ1) is 36.1. The minimum Gasteiger partial charge on any atom is -0.445 e. The van der Waals surface area contributed by atoms with Crippen LogP contribution in [0.1, 0.15) is 24.0 Å². The summed E-state index contributed by atoms with van der Waals surface area (Å²) in [7, 11) is 0. The van der Waals surface area contributed by atoms with E-state index in [-0.39, 0.29) is 37.2 Å². The molecule has 2 aromatic carbocycles. The standard InChI is InChI=1S/2C19H23N3O3/c2*23-18-13-22(19(24)25-14-15-4-2-1-3-5-15)11-8-16(18)12-21-17-6-9-20-10-7-17/h2*1-7,9-10,16,18,23H,8,11-14H2,(H,20,21)/t2*16-,18-/m11/s1. The van der Waals surface area contributed by atoms with Gasteiger partial charge in [-0.2, -0.15) is 0 Å². The lowest BCUT2D eigenvalue weighted by molar-refractivity contribution is 0.0175. The Labute approximate surface area is 293 Å². The van der Waals surface area contributed by atoms with E-state index in [0.717, 1.165) is 35.3 Å². The van der Waals surface area contributed by atoms with Gasteiger partial charge >= 0.3 is 12.2 Å². The number of ether oxygens (including phenoxy) is 2. The SMILES string of the molecule is O=C(OCc1ccccc1)N1CC[C@H](CNc2ccncc2)[C@H](O)C1.O=C(OCc1ccccc1)N1CC[C@H](CNc2ccncc2)[C@H](O)C1. The van der Waals surface area contributed by atoms with Crippen molar-refractivity contribution in [2.24, 2.45) is 11.8 Å². The zero-order valence-electron chi connectivity index (χ0n) is 28.1. The van der Waals surface area contributed by atoms with Gasteiger partial charge in [-0.3, -0.25) is 9.97 Å². The number of piperidine rings is 2. The molecule has 0 aliphatic carbocycles. The fraction of sp³-hybridized carbons (Fsp3) is 0.368. The number of anilines is 2. The molecule has 2 aliphatic heterocycles. The molecule has 2 saturated heterocycles. The molecule has 0 spiro atoms. The molecule has 12 heteroatoms. The van der Waals surface area contributed by atoms with E-state index in [1.54, 1.807) is 34.6 Å². The van der Waals surface area contributed by atoms with Gasteiger partial charge in [0.05, 0.1) is 25.3 Å². The van der Waals surface area contributed by atoms with Crippen LogP contribution >= 0.6 is 0 Å². The second-order valence-corrected chi connectivity index (χ2v) is 12.4. The molecule has 50 heavy (non-hydrogen) atoms. The fourth-order valence-electron chi connectivity index (χ4n) is 5.83. The Bertz CT molecular complexity index is 1450. The van der Waals surface area contributed by atoms with E-state index < -0.39 is 12.2 Å². The number of rotatable bonds is 10.